The molecule has 0 aliphatic carbocycles. The van der Waals surface area contributed by atoms with E-state index in [1.807, 2.05) is 0 Å². The van der Waals surface area contributed by atoms with Crippen LogP contribution < -0.4 is 11.1 Å². The number of hydrogen-bond acceptors (Lipinski definition) is 5. The first-order valence-corrected chi connectivity index (χ1v) is 8.06. The van der Waals surface area contributed by atoms with E-state index in [0.717, 1.165) is 5.75 Å². The van der Waals surface area contributed by atoms with Crippen molar-refractivity contribution < 1.29 is 4.79 Å². The van der Waals surface area contributed by atoms with Gasteiger partial charge in [-0.15, -0.1) is 0 Å². The zero-order valence-corrected chi connectivity index (χ0v) is 12.3. The standard InChI is InChI=1S/C12H19N3OS2/c1-12(2,9-13)18-17-7-6-15-11(16)10-4-3-5-14-8-10/h3-5,8H,6-7,9,13H2,1-2H3,(H,15,16). The molecule has 1 heterocycles. The van der Waals surface area contributed by atoms with Crippen LogP contribution in [0.1, 0.15) is 24.2 Å². The summed E-state index contributed by atoms with van der Waals surface area (Å²) < 4.78 is 0.0814. The van der Waals surface area contributed by atoms with Crippen LogP contribution in [0.5, 0.6) is 0 Å². The lowest BCUT2D eigenvalue weighted by atomic mass is 10.2. The average molecular weight is 285 g/mol. The molecule has 0 aromatic carbocycles. The molecule has 0 saturated carbocycles. The van der Waals surface area contributed by atoms with Gasteiger partial charge in [-0.2, -0.15) is 0 Å². The third-order valence-corrected chi connectivity index (χ3v) is 5.48. The van der Waals surface area contributed by atoms with Crippen LogP contribution >= 0.6 is 21.6 Å². The van der Waals surface area contributed by atoms with Crippen LogP contribution in [0.3, 0.4) is 0 Å². The highest BCUT2D eigenvalue weighted by molar-refractivity contribution is 8.77. The minimum atomic E-state index is -0.0771. The van der Waals surface area contributed by atoms with Crippen molar-refractivity contribution in [2.75, 3.05) is 18.8 Å². The molecule has 18 heavy (non-hydrogen) atoms. The van der Waals surface area contributed by atoms with Crippen molar-refractivity contribution in [2.45, 2.75) is 18.6 Å². The molecule has 0 aliphatic rings. The lowest BCUT2D eigenvalue weighted by molar-refractivity contribution is 0.0956. The van der Waals surface area contributed by atoms with Crippen LogP contribution in [0, 0.1) is 0 Å². The summed E-state index contributed by atoms with van der Waals surface area (Å²) in [7, 11) is 3.48. The molecule has 0 atom stereocenters. The fourth-order valence-electron chi connectivity index (χ4n) is 1.04. The smallest absolute Gasteiger partial charge is 0.252 e. The number of carbonyl (C=O) groups excluding carboxylic acids is 1. The molecule has 0 bridgehead atoms. The Hall–Kier alpha value is -0.720. The Balaban J connectivity index is 2.17. The molecule has 0 aliphatic heterocycles. The quantitative estimate of drug-likeness (QED) is 0.592. The molecule has 0 radical (unpaired) electrons. The van der Waals surface area contributed by atoms with Gasteiger partial charge < -0.3 is 11.1 Å². The Morgan fingerprint density at radius 2 is 2.33 bits per heavy atom. The van der Waals surface area contributed by atoms with E-state index < -0.39 is 0 Å². The van der Waals surface area contributed by atoms with Gasteiger partial charge in [-0.3, -0.25) is 9.78 Å². The Bertz CT molecular complexity index is 371. The molecular formula is C12H19N3OS2. The normalized spacial score (nSPS) is 11.3. The zero-order valence-electron chi connectivity index (χ0n) is 10.7. The van der Waals surface area contributed by atoms with E-state index >= 15 is 0 Å². The van der Waals surface area contributed by atoms with Crippen molar-refractivity contribution in [3.05, 3.63) is 30.1 Å². The SMILES string of the molecule is CC(C)(CN)SSCCNC(=O)c1cccnc1. The molecule has 0 spiro atoms. The molecule has 0 saturated heterocycles. The van der Waals surface area contributed by atoms with Crippen molar-refractivity contribution in [3.8, 4) is 0 Å². The largest absolute Gasteiger partial charge is 0.351 e. The van der Waals surface area contributed by atoms with E-state index in [1.165, 1.54) is 0 Å². The molecule has 6 heteroatoms. The number of carbonyl (C=O) groups is 1. The Kier molecular flexibility index (Phi) is 6.52. The number of amides is 1. The number of nitrogens with zero attached hydrogens (tertiary/aromatic N) is 1. The molecule has 3 N–H and O–H groups in total. The number of nitrogens with one attached hydrogen (secondary N) is 1. The van der Waals surface area contributed by atoms with Crippen molar-refractivity contribution in [1.82, 2.24) is 10.3 Å². The minimum absolute atomic E-state index is 0.0771. The summed E-state index contributed by atoms with van der Waals surface area (Å²) in [6, 6.07) is 3.51. The van der Waals surface area contributed by atoms with Gasteiger partial charge in [-0.05, 0) is 26.0 Å². The van der Waals surface area contributed by atoms with Crippen molar-refractivity contribution in [2.24, 2.45) is 5.73 Å². The number of rotatable bonds is 7. The number of aromatic nitrogens is 1. The highest BCUT2D eigenvalue weighted by Crippen LogP contribution is 2.34. The maximum Gasteiger partial charge on any atom is 0.252 e. The summed E-state index contributed by atoms with van der Waals surface area (Å²) in [4.78, 5) is 15.6. The van der Waals surface area contributed by atoms with Crippen molar-refractivity contribution in [3.63, 3.8) is 0 Å². The van der Waals surface area contributed by atoms with Crippen LogP contribution in [-0.4, -0.2) is 34.5 Å². The highest BCUT2D eigenvalue weighted by atomic mass is 33.1. The van der Waals surface area contributed by atoms with Gasteiger partial charge in [0.25, 0.3) is 5.91 Å². The summed E-state index contributed by atoms with van der Waals surface area (Å²) in [6.45, 7) is 5.51. The van der Waals surface area contributed by atoms with Crippen molar-refractivity contribution in [1.29, 1.82) is 0 Å². The maximum absolute atomic E-state index is 11.7. The third-order valence-electron chi connectivity index (χ3n) is 2.17. The Morgan fingerprint density at radius 3 is 2.94 bits per heavy atom. The maximum atomic E-state index is 11.7. The first kappa shape index (κ1) is 15.3. The third kappa shape index (κ3) is 5.75. The van der Waals surface area contributed by atoms with Crippen molar-refractivity contribution >= 4 is 27.5 Å². The van der Waals surface area contributed by atoms with E-state index in [2.05, 4.69) is 24.1 Å². The molecule has 1 aromatic rings. The van der Waals surface area contributed by atoms with Gasteiger partial charge in [-0.25, -0.2) is 0 Å². The second kappa shape index (κ2) is 7.66. The van der Waals surface area contributed by atoms with Crippen LogP contribution in [0.4, 0.5) is 0 Å². The second-order valence-corrected chi connectivity index (χ2v) is 7.49. The fourth-order valence-corrected chi connectivity index (χ4v) is 3.36. The predicted octanol–water partition coefficient (Wildman–Crippen LogP) is 1.93. The fraction of sp³-hybridized carbons (Fsp3) is 0.500. The van der Waals surface area contributed by atoms with Gasteiger partial charge >= 0.3 is 0 Å². The Labute approximate surface area is 116 Å². The van der Waals surface area contributed by atoms with Crippen LogP contribution in [0.2, 0.25) is 0 Å². The monoisotopic (exact) mass is 285 g/mol. The molecule has 0 unspecified atom stereocenters. The van der Waals surface area contributed by atoms with Gasteiger partial charge in [0.15, 0.2) is 0 Å². The molecule has 1 rings (SSSR count). The van der Waals surface area contributed by atoms with Gasteiger partial charge in [0.2, 0.25) is 0 Å². The summed E-state index contributed by atoms with van der Waals surface area (Å²) in [5.41, 5.74) is 6.23. The summed E-state index contributed by atoms with van der Waals surface area (Å²) >= 11 is 0. The lowest BCUT2D eigenvalue weighted by Gasteiger charge is -2.20. The molecular weight excluding hydrogens is 266 g/mol. The van der Waals surface area contributed by atoms with E-state index in [-0.39, 0.29) is 10.7 Å². The number of pyridine rings is 1. The van der Waals surface area contributed by atoms with Gasteiger partial charge in [0.05, 0.1) is 5.56 Å². The van der Waals surface area contributed by atoms with Crippen LogP contribution in [0.25, 0.3) is 0 Å². The lowest BCUT2D eigenvalue weighted by Crippen LogP contribution is -2.27. The first-order chi connectivity index (χ1) is 8.55. The van der Waals surface area contributed by atoms with Gasteiger partial charge in [0.1, 0.15) is 0 Å². The van der Waals surface area contributed by atoms with Crippen LogP contribution in [0.15, 0.2) is 24.5 Å². The molecule has 100 valence electrons. The molecule has 1 amide bonds. The molecule has 1 aromatic heterocycles. The van der Waals surface area contributed by atoms with Crippen LogP contribution in [-0.2, 0) is 0 Å². The Morgan fingerprint density at radius 1 is 1.56 bits per heavy atom. The van der Waals surface area contributed by atoms with E-state index in [4.69, 9.17) is 5.73 Å². The summed E-state index contributed by atoms with van der Waals surface area (Å²) in [5, 5.41) is 2.86. The zero-order chi connectivity index (χ0) is 13.4. The highest BCUT2D eigenvalue weighted by Gasteiger charge is 2.16. The number of nitrogens with two attached hydrogens (primary N) is 1. The predicted molar refractivity (Wildman–Crippen MR) is 79.8 cm³/mol. The van der Waals surface area contributed by atoms with Gasteiger partial charge in [-0.1, -0.05) is 21.6 Å². The summed E-state index contributed by atoms with van der Waals surface area (Å²) in [5.74, 6) is 0.784. The summed E-state index contributed by atoms with van der Waals surface area (Å²) in [6.07, 6.45) is 3.22. The second-order valence-electron chi connectivity index (χ2n) is 4.37. The number of hydrogen-bond donors (Lipinski definition) is 2. The minimum Gasteiger partial charge on any atom is -0.351 e. The molecule has 4 nitrogen and oxygen atoms in total. The average Bonchev–Trinajstić information content (AvgIpc) is 2.39. The van der Waals surface area contributed by atoms with E-state index in [1.54, 1.807) is 46.1 Å². The topological polar surface area (TPSA) is 68.0 Å². The van der Waals surface area contributed by atoms with Gasteiger partial charge in [0, 0.05) is 36.0 Å². The van der Waals surface area contributed by atoms with E-state index in [0.29, 0.717) is 18.7 Å². The first-order valence-electron chi connectivity index (χ1n) is 5.74. The molecule has 0 fully saturated rings. The van der Waals surface area contributed by atoms with E-state index in [9.17, 15) is 4.79 Å².